The van der Waals surface area contributed by atoms with E-state index in [4.69, 9.17) is 5.73 Å². The van der Waals surface area contributed by atoms with Gasteiger partial charge >= 0.3 is 0 Å². The minimum absolute atomic E-state index is 0.303. The van der Waals surface area contributed by atoms with Gasteiger partial charge in [-0.05, 0) is 56.3 Å². The van der Waals surface area contributed by atoms with Gasteiger partial charge in [-0.2, -0.15) is 0 Å². The number of rotatable bonds is 3. The van der Waals surface area contributed by atoms with Crippen molar-refractivity contribution in [3.8, 4) is 0 Å². The van der Waals surface area contributed by atoms with E-state index >= 15 is 0 Å². The van der Waals surface area contributed by atoms with Crippen LogP contribution in [0.25, 0.3) is 0 Å². The van der Waals surface area contributed by atoms with Gasteiger partial charge in [-0.25, -0.2) is 0 Å². The van der Waals surface area contributed by atoms with Gasteiger partial charge in [0.1, 0.15) is 0 Å². The highest BCUT2D eigenvalue weighted by Crippen LogP contribution is 2.40. The van der Waals surface area contributed by atoms with E-state index in [-0.39, 0.29) is 0 Å². The summed E-state index contributed by atoms with van der Waals surface area (Å²) in [6, 6.07) is 0.811. The maximum atomic E-state index is 12.1. The molecule has 102 valence electrons. The molecular weight excluding hydrogens is 224 g/mol. The standard InChI is InChI=1S/C15H26N2O/c16-13-8-11-5-2-6-12(9-13)15(11)17-14(18)7-10-3-1-4-10/h10-13,15H,1-9,16H2,(H,17,18). The van der Waals surface area contributed by atoms with Gasteiger partial charge in [0.2, 0.25) is 5.91 Å². The second-order valence-electron chi connectivity index (χ2n) is 6.78. The zero-order valence-electron chi connectivity index (χ0n) is 11.2. The van der Waals surface area contributed by atoms with Crippen LogP contribution in [0.4, 0.5) is 0 Å². The van der Waals surface area contributed by atoms with Crippen molar-refractivity contribution in [2.45, 2.75) is 69.9 Å². The summed E-state index contributed by atoms with van der Waals surface area (Å²) in [5, 5.41) is 3.35. The lowest BCUT2D eigenvalue weighted by Gasteiger charge is -2.45. The maximum absolute atomic E-state index is 12.1. The summed E-state index contributed by atoms with van der Waals surface area (Å²) in [4.78, 5) is 12.1. The SMILES string of the molecule is NC1CC2CCCC(C1)C2NC(=O)CC1CCC1. The van der Waals surface area contributed by atoms with Gasteiger partial charge in [0.15, 0.2) is 0 Å². The lowest BCUT2D eigenvalue weighted by Crippen LogP contribution is -2.54. The Kier molecular flexibility index (Phi) is 3.60. The molecule has 3 rings (SSSR count). The number of hydrogen-bond acceptors (Lipinski definition) is 2. The molecular formula is C15H26N2O. The van der Waals surface area contributed by atoms with Crippen LogP contribution >= 0.6 is 0 Å². The Hall–Kier alpha value is -0.570. The van der Waals surface area contributed by atoms with E-state index in [0.29, 0.717) is 35.7 Å². The number of fused-ring (bicyclic) bond motifs is 2. The third-order valence-corrected chi connectivity index (χ3v) is 5.40. The monoisotopic (exact) mass is 250 g/mol. The van der Waals surface area contributed by atoms with Gasteiger partial charge < -0.3 is 11.1 Å². The predicted octanol–water partition coefficient (Wildman–Crippen LogP) is 2.20. The van der Waals surface area contributed by atoms with Crippen LogP contribution in [0.5, 0.6) is 0 Å². The van der Waals surface area contributed by atoms with Crippen molar-refractivity contribution in [1.29, 1.82) is 0 Å². The van der Waals surface area contributed by atoms with Crippen LogP contribution in [0.3, 0.4) is 0 Å². The average molecular weight is 250 g/mol. The molecule has 18 heavy (non-hydrogen) atoms. The molecule has 1 amide bonds. The Balaban J connectivity index is 1.55. The molecule has 0 aromatic carbocycles. The molecule has 3 N–H and O–H groups in total. The van der Waals surface area contributed by atoms with E-state index in [0.717, 1.165) is 19.3 Å². The Morgan fingerprint density at radius 1 is 1.06 bits per heavy atom. The van der Waals surface area contributed by atoms with Crippen LogP contribution < -0.4 is 11.1 Å². The molecule has 3 fully saturated rings. The first-order valence-corrected chi connectivity index (χ1v) is 7.77. The summed E-state index contributed by atoms with van der Waals surface area (Å²) in [5.74, 6) is 2.28. The van der Waals surface area contributed by atoms with E-state index in [1.165, 1.54) is 38.5 Å². The number of carbonyl (C=O) groups is 1. The quantitative estimate of drug-likeness (QED) is 0.807. The number of nitrogens with two attached hydrogens (primary N) is 1. The Labute approximate surface area is 110 Å². The molecule has 0 saturated heterocycles. The molecule has 2 atom stereocenters. The normalized spacial score (nSPS) is 40.1. The summed E-state index contributed by atoms with van der Waals surface area (Å²) >= 11 is 0. The highest BCUT2D eigenvalue weighted by Gasteiger charge is 2.40. The third kappa shape index (κ3) is 2.56. The van der Waals surface area contributed by atoms with E-state index in [1.807, 2.05) is 0 Å². The van der Waals surface area contributed by atoms with Gasteiger partial charge in [-0.3, -0.25) is 4.79 Å². The van der Waals surface area contributed by atoms with Crippen LogP contribution in [0.15, 0.2) is 0 Å². The molecule has 2 unspecified atom stereocenters. The molecule has 0 aromatic heterocycles. The molecule has 3 aliphatic carbocycles. The highest BCUT2D eigenvalue weighted by molar-refractivity contribution is 5.76. The summed E-state index contributed by atoms with van der Waals surface area (Å²) < 4.78 is 0. The summed E-state index contributed by atoms with van der Waals surface area (Å²) in [5.41, 5.74) is 6.12. The van der Waals surface area contributed by atoms with Crippen molar-refractivity contribution in [2.24, 2.45) is 23.5 Å². The van der Waals surface area contributed by atoms with Crippen molar-refractivity contribution in [2.75, 3.05) is 0 Å². The zero-order chi connectivity index (χ0) is 12.5. The fourth-order valence-electron chi connectivity index (χ4n) is 4.23. The molecule has 0 aromatic rings. The zero-order valence-corrected chi connectivity index (χ0v) is 11.2. The number of hydrogen-bond donors (Lipinski definition) is 2. The summed E-state index contributed by atoms with van der Waals surface area (Å²) in [6.07, 6.45) is 10.7. The van der Waals surface area contributed by atoms with Crippen molar-refractivity contribution in [1.82, 2.24) is 5.32 Å². The fraction of sp³-hybridized carbons (Fsp3) is 0.933. The lowest BCUT2D eigenvalue weighted by atomic mass is 9.67. The van der Waals surface area contributed by atoms with Gasteiger partial charge in [0, 0.05) is 18.5 Å². The first-order valence-electron chi connectivity index (χ1n) is 7.77. The van der Waals surface area contributed by atoms with Crippen molar-refractivity contribution in [3.05, 3.63) is 0 Å². The fourth-order valence-corrected chi connectivity index (χ4v) is 4.23. The minimum Gasteiger partial charge on any atom is -0.353 e. The second-order valence-corrected chi connectivity index (χ2v) is 6.78. The van der Waals surface area contributed by atoms with Crippen LogP contribution in [-0.2, 0) is 4.79 Å². The molecule has 0 spiro atoms. The maximum Gasteiger partial charge on any atom is 0.220 e. The summed E-state index contributed by atoms with van der Waals surface area (Å²) in [7, 11) is 0. The molecule has 0 heterocycles. The average Bonchev–Trinajstić information content (AvgIpc) is 2.25. The van der Waals surface area contributed by atoms with E-state index in [1.54, 1.807) is 0 Å². The Morgan fingerprint density at radius 3 is 2.22 bits per heavy atom. The molecule has 3 aliphatic rings. The van der Waals surface area contributed by atoms with E-state index < -0.39 is 0 Å². The number of amides is 1. The molecule has 0 radical (unpaired) electrons. The van der Waals surface area contributed by atoms with Gasteiger partial charge in [0.05, 0.1) is 0 Å². The van der Waals surface area contributed by atoms with Crippen LogP contribution in [0.1, 0.15) is 57.8 Å². The number of carbonyl (C=O) groups excluding carboxylic acids is 1. The Morgan fingerprint density at radius 2 is 1.67 bits per heavy atom. The third-order valence-electron chi connectivity index (χ3n) is 5.40. The van der Waals surface area contributed by atoms with E-state index in [9.17, 15) is 4.79 Å². The van der Waals surface area contributed by atoms with Gasteiger partial charge in [-0.1, -0.05) is 12.8 Å². The highest BCUT2D eigenvalue weighted by atomic mass is 16.1. The topological polar surface area (TPSA) is 55.1 Å². The summed E-state index contributed by atoms with van der Waals surface area (Å²) in [6.45, 7) is 0. The Bertz CT molecular complexity index is 300. The smallest absolute Gasteiger partial charge is 0.220 e. The molecule has 2 bridgehead atoms. The van der Waals surface area contributed by atoms with Gasteiger partial charge in [-0.15, -0.1) is 0 Å². The van der Waals surface area contributed by atoms with Crippen LogP contribution in [-0.4, -0.2) is 18.0 Å². The second kappa shape index (κ2) is 5.20. The molecule has 0 aliphatic heterocycles. The van der Waals surface area contributed by atoms with Crippen molar-refractivity contribution < 1.29 is 4.79 Å². The molecule has 3 nitrogen and oxygen atoms in total. The van der Waals surface area contributed by atoms with Crippen LogP contribution in [0.2, 0.25) is 0 Å². The largest absolute Gasteiger partial charge is 0.353 e. The molecule has 3 heteroatoms. The minimum atomic E-state index is 0.303. The predicted molar refractivity (Wildman–Crippen MR) is 71.9 cm³/mol. The van der Waals surface area contributed by atoms with Gasteiger partial charge in [0.25, 0.3) is 0 Å². The first-order chi connectivity index (χ1) is 8.72. The first kappa shape index (κ1) is 12.5. The molecule has 3 saturated carbocycles. The van der Waals surface area contributed by atoms with Crippen molar-refractivity contribution >= 4 is 5.91 Å². The lowest BCUT2D eigenvalue weighted by molar-refractivity contribution is -0.125. The van der Waals surface area contributed by atoms with Crippen molar-refractivity contribution in [3.63, 3.8) is 0 Å². The number of nitrogens with one attached hydrogen (secondary N) is 1. The van der Waals surface area contributed by atoms with E-state index in [2.05, 4.69) is 5.32 Å². The van der Waals surface area contributed by atoms with Crippen LogP contribution in [0, 0.1) is 17.8 Å².